The molecule has 0 rings (SSSR count). The maximum Gasteiger partial charge on any atom is 0.329 e. The maximum absolute atomic E-state index is 11.0. The molecule has 88 valence electrons. The molecular weight excluding hydrogens is 200 g/mol. The molecule has 0 fully saturated rings. The summed E-state index contributed by atoms with van der Waals surface area (Å²) in [4.78, 5) is 21.1. The van der Waals surface area contributed by atoms with Crippen LogP contribution in [0, 0.1) is 0 Å². The van der Waals surface area contributed by atoms with Crippen LogP contribution in [0.3, 0.4) is 0 Å². The molecule has 0 saturated heterocycles. The van der Waals surface area contributed by atoms with Crippen molar-refractivity contribution in [2.75, 3.05) is 26.3 Å². The summed E-state index contributed by atoms with van der Waals surface area (Å²) in [6.07, 6.45) is 1.98. The highest BCUT2D eigenvalue weighted by Crippen LogP contribution is 1.81. The van der Waals surface area contributed by atoms with Gasteiger partial charge >= 0.3 is 12.0 Å². The van der Waals surface area contributed by atoms with Gasteiger partial charge in [0.1, 0.15) is 6.61 Å². The quantitative estimate of drug-likeness (QED) is 0.507. The normalized spacial score (nSPS) is 9.67. The zero-order valence-electron chi connectivity index (χ0n) is 8.91. The number of amides is 2. The molecular formula is C9H18N2O4. The summed E-state index contributed by atoms with van der Waals surface area (Å²) in [5.74, 6) is -1.01. The fourth-order valence-corrected chi connectivity index (χ4v) is 0.837. The lowest BCUT2D eigenvalue weighted by molar-refractivity contribution is -0.142. The van der Waals surface area contributed by atoms with Crippen molar-refractivity contribution >= 4 is 12.0 Å². The molecule has 0 spiro atoms. The summed E-state index contributed by atoms with van der Waals surface area (Å²) in [5, 5.41) is 13.4. The molecule has 0 atom stereocenters. The minimum atomic E-state index is -1.01. The van der Waals surface area contributed by atoms with Crippen molar-refractivity contribution in [2.24, 2.45) is 0 Å². The Bertz CT molecular complexity index is 197. The smallest absolute Gasteiger partial charge is 0.329 e. The minimum absolute atomic E-state index is 0.202. The molecule has 0 aliphatic carbocycles. The summed E-state index contributed by atoms with van der Waals surface area (Å²) in [6.45, 7) is 2.87. The molecule has 0 aliphatic rings. The highest BCUT2D eigenvalue weighted by molar-refractivity contribution is 5.73. The van der Waals surface area contributed by atoms with Crippen molar-refractivity contribution in [1.29, 1.82) is 0 Å². The fourth-order valence-electron chi connectivity index (χ4n) is 0.837. The second-order valence-electron chi connectivity index (χ2n) is 2.98. The molecule has 6 heteroatoms. The first-order valence-electron chi connectivity index (χ1n) is 4.98. The number of carboxylic acids is 1. The second kappa shape index (κ2) is 9.26. The van der Waals surface area contributed by atoms with Crippen molar-refractivity contribution in [2.45, 2.75) is 19.8 Å². The van der Waals surface area contributed by atoms with Crippen LogP contribution in [0.4, 0.5) is 4.79 Å². The van der Waals surface area contributed by atoms with Crippen LogP contribution in [0.25, 0.3) is 0 Å². The van der Waals surface area contributed by atoms with Crippen molar-refractivity contribution in [3.8, 4) is 0 Å². The highest BCUT2D eigenvalue weighted by atomic mass is 16.5. The van der Waals surface area contributed by atoms with Crippen LogP contribution in [-0.2, 0) is 9.53 Å². The Kier molecular flexibility index (Phi) is 8.46. The van der Waals surface area contributed by atoms with Gasteiger partial charge in [-0.25, -0.2) is 9.59 Å². The van der Waals surface area contributed by atoms with E-state index in [2.05, 4.69) is 10.6 Å². The molecule has 0 saturated carbocycles. The van der Waals surface area contributed by atoms with Crippen molar-refractivity contribution in [3.63, 3.8) is 0 Å². The van der Waals surface area contributed by atoms with E-state index in [1.807, 2.05) is 6.92 Å². The molecule has 15 heavy (non-hydrogen) atoms. The van der Waals surface area contributed by atoms with E-state index in [0.29, 0.717) is 13.1 Å². The number of ether oxygens (including phenoxy) is 1. The topological polar surface area (TPSA) is 87.7 Å². The Morgan fingerprint density at radius 1 is 1.27 bits per heavy atom. The monoisotopic (exact) mass is 218 g/mol. The number of rotatable bonds is 8. The third kappa shape index (κ3) is 10.6. The molecule has 0 unspecified atom stereocenters. The van der Waals surface area contributed by atoms with Gasteiger partial charge in [0.2, 0.25) is 0 Å². The van der Waals surface area contributed by atoms with E-state index in [9.17, 15) is 9.59 Å². The molecule has 0 bridgehead atoms. The largest absolute Gasteiger partial charge is 0.480 e. The molecule has 0 aromatic rings. The van der Waals surface area contributed by atoms with Gasteiger partial charge in [-0.3, -0.25) is 0 Å². The fraction of sp³-hybridized carbons (Fsp3) is 0.778. The van der Waals surface area contributed by atoms with Gasteiger partial charge in [-0.2, -0.15) is 0 Å². The predicted octanol–water partition coefficient (Wildman–Crippen LogP) is 0.187. The maximum atomic E-state index is 11.0. The first-order chi connectivity index (χ1) is 7.16. The summed E-state index contributed by atoms with van der Waals surface area (Å²) >= 11 is 0. The molecule has 3 N–H and O–H groups in total. The van der Waals surface area contributed by atoms with E-state index in [4.69, 9.17) is 9.84 Å². The second-order valence-corrected chi connectivity index (χ2v) is 2.98. The number of hydrogen-bond donors (Lipinski definition) is 3. The van der Waals surface area contributed by atoms with E-state index in [1.54, 1.807) is 0 Å². The van der Waals surface area contributed by atoms with E-state index in [0.717, 1.165) is 12.8 Å². The molecule has 0 aromatic carbocycles. The van der Waals surface area contributed by atoms with Crippen LogP contribution >= 0.6 is 0 Å². The predicted molar refractivity (Wildman–Crippen MR) is 54.8 cm³/mol. The number of aliphatic carboxylic acids is 1. The number of urea groups is 1. The first-order valence-corrected chi connectivity index (χ1v) is 4.98. The van der Waals surface area contributed by atoms with Gasteiger partial charge < -0.3 is 20.5 Å². The lowest BCUT2D eigenvalue weighted by Crippen LogP contribution is -2.37. The van der Waals surface area contributed by atoms with Gasteiger partial charge in [-0.1, -0.05) is 13.3 Å². The Labute approximate surface area is 89.0 Å². The van der Waals surface area contributed by atoms with Crippen LogP contribution in [0.5, 0.6) is 0 Å². The summed E-state index contributed by atoms with van der Waals surface area (Å²) < 4.78 is 4.73. The average molecular weight is 218 g/mol. The number of carbonyl (C=O) groups is 2. The number of carboxylic acid groups (broad SMARTS) is 1. The third-order valence-electron chi connectivity index (χ3n) is 1.57. The number of hydrogen-bond acceptors (Lipinski definition) is 3. The SMILES string of the molecule is CCCCNC(=O)NCCOCC(=O)O. The molecule has 0 aromatic heterocycles. The van der Waals surface area contributed by atoms with E-state index < -0.39 is 5.97 Å². The van der Waals surface area contributed by atoms with Crippen LogP contribution in [0.1, 0.15) is 19.8 Å². The summed E-state index contributed by atoms with van der Waals surface area (Å²) in [5.41, 5.74) is 0. The Balaban J connectivity index is 3.20. The first kappa shape index (κ1) is 13.7. The van der Waals surface area contributed by atoms with Gasteiger partial charge in [0.25, 0.3) is 0 Å². The van der Waals surface area contributed by atoms with Gasteiger partial charge in [-0.15, -0.1) is 0 Å². The van der Waals surface area contributed by atoms with E-state index in [-0.39, 0.29) is 19.2 Å². The Morgan fingerprint density at radius 2 is 1.93 bits per heavy atom. The number of carbonyl (C=O) groups excluding carboxylic acids is 1. The van der Waals surface area contributed by atoms with Crippen LogP contribution in [-0.4, -0.2) is 43.4 Å². The zero-order chi connectivity index (χ0) is 11.5. The van der Waals surface area contributed by atoms with Gasteiger partial charge in [0, 0.05) is 13.1 Å². The highest BCUT2D eigenvalue weighted by Gasteiger charge is 1.99. The van der Waals surface area contributed by atoms with Gasteiger partial charge in [-0.05, 0) is 6.42 Å². The molecule has 6 nitrogen and oxygen atoms in total. The van der Waals surface area contributed by atoms with Crippen LogP contribution in [0.15, 0.2) is 0 Å². The molecule has 0 heterocycles. The van der Waals surface area contributed by atoms with Crippen LogP contribution in [0.2, 0.25) is 0 Å². The standard InChI is InChI=1S/C9H18N2O4/c1-2-3-4-10-9(14)11-5-6-15-7-8(12)13/h2-7H2,1H3,(H,12,13)(H2,10,11,14). The van der Waals surface area contributed by atoms with Gasteiger partial charge in [0.05, 0.1) is 6.61 Å². The average Bonchev–Trinajstić information content (AvgIpc) is 2.17. The van der Waals surface area contributed by atoms with Gasteiger partial charge in [0.15, 0.2) is 0 Å². The lowest BCUT2D eigenvalue weighted by atomic mass is 10.3. The minimum Gasteiger partial charge on any atom is -0.480 e. The number of nitrogens with one attached hydrogen (secondary N) is 2. The third-order valence-corrected chi connectivity index (χ3v) is 1.57. The van der Waals surface area contributed by atoms with Crippen molar-refractivity contribution in [3.05, 3.63) is 0 Å². The molecule has 0 radical (unpaired) electrons. The number of unbranched alkanes of at least 4 members (excludes halogenated alkanes) is 1. The zero-order valence-corrected chi connectivity index (χ0v) is 8.91. The molecule has 2 amide bonds. The lowest BCUT2D eigenvalue weighted by Gasteiger charge is -2.06. The van der Waals surface area contributed by atoms with E-state index >= 15 is 0 Å². The van der Waals surface area contributed by atoms with Crippen molar-refractivity contribution < 1.29 is 19.4 Å². The van der Waals surface area contributed by atoms with Crippen LogP contribution < -0.4 is 10.6 Å². The van der Waals surface area contributed by atoms with E-state index in [1.165, 1.54) is 0 Å². The Hall–Kier alpha value is -1.30. The summed E-state index contributed by atoms with van der Waals surface area (Å²) in [7, 11) is 0. The summed E-state index contributed by atoms with van der Waals surface area (Å²) in [6, 6.07) is -0.248. The molecule has 0 aliphatic heterocycles. The Morgan fingerprint density at radius 3 is 2.53 bits per heavy atom. The van der Waals surface area contributed by atoms with Crippen molar-refractivity contribution in [1.82, 2.24) is 10.6 Å².